The summed E-state index contributed by atoms with van der Waals surface area (Å²) in [4.78, 5) is 0. The molecule has 2 nitrogen and oxygen atoms in total. The molecule has 0 aliphatic carbocycles. The standard InChI is InChI=1S/C7H3BrF2O2/c8-3-1-2-4-6(5(3)9)12-7(10)11-4/h1-2,7H. The Bertz CT molecular complexity index is 329. The van der Waals surface area contributed by atoms with Gasteiger partial charge in [0.25, 0.3) is 0 Å². The van der Waals surface area contributed by atoms with Crippen LogP contribution in [0.25, 0.3) is 0 Å². The van der Waals surface area contributed by atoms with Gasteiger partial charge in [-0.2, -0.15) is 4.39 Å². The van der Waals surface area contributed by atoms with Crippen LogP contribution in [0.4, 0.5) is 8.78 Å². The second-order valence-corrected chi connectivity index (χ2v) is 3.05. The number of alkyl halides is 1. The summed E-state index contributed by atoms with van der Waals surface area (Å²) in [5, 5.41) is 0. The third kappa shape index (κ3) is 1.04. The molecular formula is C7H3BrF2O2. The minimum Gasteiger partial charge on any atom is -0.425 e. The number of rotatable bonds is 0. The molecule has 0 bridgehead atoms. The highest BCUT2D eigenvalue weighted by molar-refractivity contribution is 9.10. The number of ether oxygens (including phenoxy) is 2. The molecule has 1 atom stereocenters. The highest BCUT2D eigenvalue weighted by Crippen LogP contribution is 2.40. The van der Waals surface area contributed by atoms with Crippen molar-refractivity contribution in [1.82, 2.24) is 0 Å². The highest BCUT2D eigenvalue weighted by Gasteiger charge is 2.27. The van der Waals surface area contributed by atoms with Gasteiger partial charge in [0.05, 0.1) is 4.47 Å². The number of fused-ring (bicyclic) bond motifs is 1. The van der Waals surface area contributed by atoms with Crippen molar-refractivity contribution in [3.05, 3.63) is 22.4 Å². The molecule has 5 heteroatoms. The molecule has 1 aliphatic heterocycles. The van der Waals surface area contributed by atoms with Crippen LogP contribution in [-0.2, 0) is 0 Å². The van der Waals surface area contributed by atoms with E-state index in [0.717, 1.165) is 0 Å². The van der Waals surface area contributed by atoms with Crippen LogP contribution in [0.2, 0.25) is 0 Å². The zero-order valence-corrected chi connectivity index (χ0v) is 7.27. The zero-order chi connectivity index (χ0) is 8.72. The van der Waals surface area contributed by atoms with Gasteiger partial charge < -0.3 is 9.47 Å². The Morgan fingerprint density at radius 1 is 1.33 bits per heavy atom. The molecule has 0 spiro atoms. The molecule has 1 unspecified atom stereocenters. The van der Waals surface area contributed by atoms with Crippen molar-refractivity contribution < 1.29 is 18.3 Å². The van der Waals surface area contributed by atoms with Gasteiger partial charge in [-0.05, 0) is 28.1 Å². The van der Waals surface area contributed by atoms with Gasteiger partial charge in [0.15, 0.2) is 11.6 Å². The van der Waals surface area contributed by atoms with Crippen LogP contribution in [-0.4, -0.2) is 6.54 Å². The van der Waals surface area contributed by atoms with Crippen LogP contribution in [0.15, 0.2) is 16.6 Å². The molecule has 0 amide bonds. The van der Waals surface area contributed by atoms with Crippen molar-refractivity contribution >= 4 is 15.9 Å². The van der Waals surface area contributed by atoms with Crippen molar-refractivity contribution in [2.24, 2.45) is 0 Å². The van der Waals surface area contributed by atoms with Crippen LogP contribution < -0.4 is 9.47 Å². The minimum absolute atomic E-state index is 0.0863. The molecule has 2 rings (SSSR count). The molecule has 1 aromatic carbocycles. The highest BCUT2D eigenvalue weighted by atomic mass is 79.9. The maximum absolute atomic E-state index is 13.1. The van der Waals surface area contributed by atoms with E-state index in [9.17, 15) is 8.78 Å². The first-order valence-electron chi connectivity index (χ1n) is 3.14. The van der Waals surface area contributed by atoms with Gasteiger partial charge in [-0.15, -0.1) is 0 Å². The predicted molar refractivity (Wildman–Crippen MR) is 40.3 cm³/mol. The molecule has 1 aliphatic rings. The molecule has 0 radical (unpaired) electrons. The number of hydrogen-bond donors (Lipinski definition) is 0. The van der Waals surface area contributed by atoms with E-state index < -0.39 is 12.4 Å². The molecule has 0 N–H and O–H groups in total. The van der Waals surface area contributed by atoms with E-state index in [0.29, 0.717) is 0 Å². The first-order chi connectivity index (χ1) is 5.68. The van der Waals surface area contributed by atoms with E-state index in [4.69, 9.17) is 0 Å². The summed E-state index contributed by atoms with van der Waals surface area (Å²) in [6, 6.07) is 2.86. The molecule has 0 saturated heterocycles. The maximum atomic E-state index is 13.1. The van der Waals surface area contributed by atoms with Crippen molar-refractivity contribution in [3.8, 4) is 11.5 Å². The van der Waals surface area contributed by atoms with Gasteiger partial charge in [0.1, 0.15) is 0 Å². The summed E-state index contributed by atoms with van der Waals surface area (Å²) in [6.07, 6.45) is 0. The van der Waals surface area contributed by atoms with E-state index in [2.05, 4.69) is 25.4 Å². The molecule has 0 aromatic heterocycles. The van der Waals surface area contributed by atoms with Crippen LogP contribution >= 0.6 is 15.9 Å². The topological polar surface area (TPSA) is 18.5 Å². The molecule has 64 valence electrons. The zero-order valence-electron chi connectivity index (χ0n) is 5.68. The van der Waals surface area contributed by atoms with E-state index in [1.807, 2.05) is 0 Å². The average molecular weight is 237 g/mol. The third-order valence-corrected chi connectivity index (χ3v) is 2.06. The first kappa shape index (κ1) is 7.79. The van der Waals surface area contributed by atoms with Crippen molar-refractivity contribution in [2.45, 2.75) is 6.54 Å². The fraction of sp³-hybridized carbons (Fsp3) is 0.143. The lowest BCUT2D eigenvalue weighted by molar-refractivity contribution is -0.0663. The fourth-order valence-electron chi connectivity index (χ4n) is 0.933. The second kappa shape index (κ2) is 2.58. The summed E-state index contributed by atoms with van der Waals surface area (Å²) in [5.41, 5.74) is 0. The van der Waals surface area contributed by atoms with Crippen molar-refractivity contribution in [3.63, 3.8) is 0 Å². The molecule has 1 aromatic rings. The monoisotopic (exact) mass is 236 g/mol. The summed E-state index contributed by atoms with van der Waals surface area (Å²) >= 11 is 2.94. The van der Waals surface area contributed by atoms with Gasteiger partial charge in [-0.1, -0.05) is 0 Å². The lowest BCUT2D eigenvalue weighted by atomic mass is 10.3. The van der Waals surface area contributed by atoms with Gasteiger partial charge in [0.2, 0.25) is 5.75 Å². The molecule has 12 heavy (non-hydrogen) atoms. The summed E-state index contributed by atoms with van der Waals surface area (Å²) in [6.45, 7) is -1.90. The Kier molecular flexibility index (Phi) is 1.68. The Labute approximate surface area is 75.2 Å². The Balaban J connectivity index is 2.54. The van der Waals surface area contributed by atoms with E-state index in [1.165, 1.54) is 12.1 Å². The van der Waals surface area contributed by atoms with Gasteiger partial charge in [0, 0.05) is 0 Å². The lowest BCUT2D eigenvalue weighted by Crippen LogP contribution is -2.09. The van der Waals surface area contributed by atoms with Gasteiger partial charge in [-0.3, -0.25) is 0 Å². The quantitative estimate of drug-likeness (QED) is 0.690. The number of hydrogen-bond acceptors (Lipinski definition) is 2. The summed E-state index contributed by atoms with van der Waals surface area (Å²) in [5.74, 6) is -0.743. The van der Waals surface area contributed by atoms with E-state index in [1.54, 1.807) is 0 Å². The fourth-order valence-corrected chi connectivity index (χ4v) is 1.25. The first-order valence-corrected chi connectivity index (χ1v) is 3.93. The minimum atomic E-state index is -1.90. The molecule has 0 saturated carbocycles. The van der Waals surface area contributed by atoms with Gasteiger partial charge >= 0.3 is 6.54 Å². The second-order valence-electron chi connectivity index (χ2n) is 2.20. The van der Waals surface area contributed by atoms with Crippen LogP contribution in [0, 0.1) is 5.82 Å². The third-order valence-electron chi connectivity index (χ3n) is 1.44. The van der Waals surface area contributed by atoms with Crippen LogP contribution in [0.1, 0.15) is 0 Å². The maximum Gasteiger partial charge on any atom is 0.397 e. The normalized spacial score (nSPS) is 19.8. The van der Waals surface area contributed by atoms with E-state index >= 15 is 0 Å². The largest absolute Gasteiger partial charge is 0.425 e. The Morgan fingerprint density at radius 2 is 2.08 bits per heavy atom. The lowest BCUT2D eigenvalue weighted by Gasteiger charge is -1.97. The number of benzene rings is 1. The SMILES string of the molecule is Fc1c(Br)ccc2c1OC(F)O2. The van der Waals surface area contributed by atoms with Crippen LogP contribution in [0.5, 0.6) is 11.5 Å². The molecular weight excluding hydrogens is 234 g/mol. The Hall–Kier alpha value is -0.840. The predicted octanol–water partition coefficient (Wildman–Crippen LogP) is 2.61. The van der Waals surface area contributed by atoms with Crippen LogP contribution in [0.3, 0.4) is 0 Å². The number of halogens is 3. The van der Waals surface area contributed by atoms with Crippen molar-refractivity contribution in [2.75, 3.05) is 0 Å². The van der Waals surface area contributed by atoms with E-state index in [-0.39, 0.29) is 16.0 Å². The Morgan fingerprint density at radius 3 is 2.83 bits per heavy atom. The summed E-state index contributed by atoms with van der Waals surface area (Å²) in [7, 11) is 0. The average Bonchev–Trinajstić information content (AvgIpc) is 2.39. The van der Waals surface area contributed by atoms with Gasteiger partial charge in [-0.25, -0.2) is 4.39 Å². The smallest absolute Gasteiger partial charge is 0.397 e. The van der Waals surface area contributed by atoms with Crippen molar-refractivity contribution in [1.29, 1.82) is 0 Å². The summed E-state index contributed by atoms with van der Waals surface area (Å²) < 4.78 is 34.6. The molecule has 0 fully saturated rings. The molecule has 1 heterocycles.